The fourth-order valence-electron chi connectivity index (χ4n) is 2.70. The monoisotopic (exact) mass is 454 g/mol. The van der Waals surface area contributed by atoms with Crippen LogP contribution in [-0.4, -0.2) is 5.91 Å². The van der Waals surface area contributed by atoms with Crippen LogP contribution in [-0.2, 0) is 11.4 Å². The number of hydrogen-bond donors (Lipinski definition) is 1. The Kier molecular flexibility index (Phi) is 7.30. The number of nitriles is 1. The van der Waals surface area contributed by atoms with Crippen molar-refractivity contribution in [1.82, 2.24) is 0 Å². The van der Waals surface area contributed by atoms with Crippen LogP contribution in [0.5, 0.6) is 5.75 Å². The summed E-state index contributed by atoms with van der Waals surface area (Å²) < 4.78 is 18.7. The minimum atomic E-state index is -0.555. The number of aryl methyl sites for hydroxylation is 1. The molecule has 31 heavy (non-hydrogen) atoms. The molecule has 1 amide bonds. The predicted octanol–water partition coefficient (Wildman–Crippen LogP) is 6.57. The number of nitrogens with zero attached hydrogens (tertiary/aromatic N) is 1. The van der Waals surface area contributed by atoms with Crippen molar-refractivity contribution in [3.05, 3.63) is 98.8 Å². The van der Waals surface area contributed by atoms with E-state index in [-0.39, 0.29) is 18.0 Å². The average molecular weight is 455 g/mol. The Labute approximate surface area is 189 Å². The first-order valence-electron chi connectivity index (χ1n) is 9.22. The van der Waals surface area contributed by atoms with Crippen LogP contribution >= 0.6 is 23.2 Å². The molecule has 0 spiro atoms. The summed E-state index contributed by atoms with van der Waals surface area (Å²) >= 11 is 12.3. The van der Waals surface area contributed by atoms with Crippen LogP contribution in [0.2, 0.25) is 10.0 Å². The van der Waals surface area contributed by atoms with Crippen LogP contribution in [0.1, 0.15) is 16.7 Å². The Hall–Kier alpha value is -3.33. The van der Waals surface area contributed by atoms with Crippen LogP contribution < -0.4 is 10.1 Å². The first kappa shape index (κ1) is 22.4. The quantitative estimate of drug-likeness (QED) is 0.338. The lowest BCUT2D eigenvalue weighted by molar-refractivity contribution is -0.112. The molecule has 3 rings (SSSR count). The summed E-state index contributed by atoms with van der Waals surface area (Å²) in [6.45, 7) is 2.05. The molecule has 0 bridgehead atoms. The van der Waals surface area contributed by atoms with E-state index in [0.29, 0.717) is 27.0 Å². The van der Waals surface area contributed by atoms with Gasteiger partial charge in [0, 0.05) is 10.7 Å². The number of hydrogen-bond acceptors (Lipinski definition) is 3. The van der Waals surface area contributed by atoms with E-state index in [1.165, 1.54) is 18.2 Å². The van der Waals surface area contributed by atoms with Crippen molar-refractivity contribution in [3.8, 4) is 11.8 Å². The number of carbonyl (C=O) groups is 1. The maximum absolute atomic E-state index is 13.0. The molecule has 0 aliphatic heterocycles. The number of benzene rings is 3. The molecule has 0 fully saturated rings. The van der Waals surface area contributed by atoms with Crippen LogP contribution in [0, 0.1) is 24.1 Å². The second-order valence-corrected chi connectivity index (χ2v) is 7.53. The third-order valence-electron chi connectivity index (χ3n) is 4.39. The van der Waals surface area contributed by atoms with Gasteiger partial charge in [0.25, 0.3) is 5.91 Å². The molecule has 0 atom stereocenters. The Morgan fingerprint density at radius 3 is 2.55 bits per heavy atom. The van der Waals surface area contributed by atoms with Gasteiger partial charge < -0.3 is 10.1 Å². The third-order valence-corrected chi connectivity index (χ3v) is 4.92. The SMILES string of the molecule is Cc1ccc(Cl)cc1NC(=O)/C(C#N)=C/c1ccc(OCc2ccc(F)cc2)c(Cl)c1. The fourth-order valence-corrected chi connectivity index (χ4v) is 3.12. The van der Waals surface area contributed by atoms with Gasteiger partial charge in [0.15, 0.2) is 0 Å². The Morgan fingerprint density at radius 1 is 1.13 bits per heavy atom. The highest BCUT2D eigenvalue weighted by Crippen LogP contribution is 2.28. The van der Waals surface area contributed by atoms with Crippen molar-refractivity contribution in [2.24, 2.45) is 0 Å². The van der Waals surface area contributed by atoms with Crippen molar-refractivity contribution in [2.45, 2.75) is 13.5 Å². The maximum Gasteiger partial charge on any atom is 0.266 e. The molecule has 0 heterocycles. The summed E-state index contributed by atoms with van der Waals surface area (Å²) in [6.07, 6.45) is 1.44. The normalized spacial score (nSPS) is 11.0. The summed E-state index contributed by atoms with van der Waals surface area (Å²) in [6, 6.07) is 17.9. The van der Waals surface area contributed by atoms with Gasteiger partial charge in [-0.3, -0.25) is 4.79 Å². The standard InChI is InChI=1S/C24H17Cl2FN2O2/c1-15-2-6-19(25)12-22(15)29-24(30)18(13-28)10-17-5-9-23(21(26)11-17)31-14-16-3-7-20(27)8-4-16/h2-12H,14H2,1H3,(H,29,30)/b18-10+. The van der Waals surface area contributed by atoms with Crippen molar-refractivity contribution >= 4 is 40.9 Å². The Morgan fingerprint density at radius 2 is 1.87 bits per heavy atom. The maximum atomic E-state index is 13.0. The number of rotatable bonds is 6. The largest absolute Gasteiger partial charge is 0.487 e. The van der Waals surface area contributed by atoms with Crippen molar-refractivity contribution in [3.63, 3.8) is 0 Å². The number of amides is 1. The van der Waals surface area contributed by atoms with Gasteiger partial charge in [0.2, 0.25) is 0 Å². The molecule has 4 nitrogen and oxygen atoms in total. The highest BCUT2D eigenvalue weighted by atomic mass is 35.5. The van der Waals surface area contributed by atoms with E-state index in [2.05, 4.69) is 5.32 Å². The molecule has 0 unspecified atom stereocenters. The van der Waals surface area contributed by atoms with Gasteiger partial charge in [0.1, 0.15) is 29.8 Å². The van der Waals surface area contributed by atoms with Crippen LogP contribution in [0.3, 0.4) is 0 Å². The van der Waals surface area contributed by atoms with Gasteiger partial charge >= 0.3 is 0 Å². The topological polar surface area (TPSA) is 62.1 Å². The predicted molar refractivity (Wildman–Crippen MR) is 121 cm³/mol. The summed E-state index contributed by atoms with van der Waals surface area (Å²) in [4.78, 5) is 12.5. The van der Waals surface area contributed by atoms with E-state index in [1.807, 2.05) is 13.0 Å². The van der Waals surface area contributed by atoms with Gasteiger partial charge in [-0.15, -0.1) is 0 Å². The lowest BCUT2D eigenvalue weighted by Gasteiger charge is -2.10. The van der Waals surface area contributed by atoms with E-state index in [0.717, 1.165) is 11.1 Å². The molecule has 0 saturated heterocycles. The molecule has 0 aliphatic rings. The molecule has 1 N–H and O–H groups in total. The first-order chi connectivity index (χ1) is 14.9. The molecule has 156 valence electrons. The molecule has 3 aromatic carbocycles. The van der Waals surface area contributed by atoms with Gasteiger partial charge in [-0.05, 0) is 66.1 Å². The van der Waals surface area contributed by atoms with E-state index in [4.69, 9.17) is 27.9 Å². The van der Waals surface area contributed by atoms with Gasteiger partial charge in [0.05, 0.1) is 5.02 Å². The highest BCUT2D eigenvalue weighted by molar-refractivity contribution is 6.32. The van der Waals surface area contributed by atoms with Gasteiger partial charge in [-0.25, -0.2) is 4.39 Å². The third kappa shape index (κ3) is 6.08. The number of halogens is 3. The zero-order valence-corrected chi connectivity index (χ0v) is 18.0. The van der Waals surface area contributed by atoms with Crippen LogP contribution in [0.15, 0.2) is 66.2 Å². The molecule has 7 heteroatoms. The van der Waals surface area contributed by atoms with E-state index in [1.54, 1.807) is 48.5 Å². The minimum Gasteiger partial charge on any atom is -0.487 e. The van der Waals surface area contributed by atoms with Gasteiger partial charge in [-0.1, -0.05) is 47.5 Å². The van der Waals surface area contributed by atoms with Crippen molar-refractivity contribution < 1.29 is 13.9 Å². The second-order valence-electron chi connectivity index (χ2n) is 6.69. The number of anilines is 1. The highest BCUT2D eigenvalue weighted by Gasteiger charge is 2.12. The molecule has 0 aromatic heterocycles. The molecule has 0 radical (unpaired) electrons. The van der Waals surface area contributed by atoms with E-state index in [9.17, 15) is 14.4 Å². The Bertz CT molecular complexity index is 1190. The summed E-state index contributed by atoms with van der Waals surface area (Å²) in [5.74, 6) is -0.443. The molecule has 0 saturated carbocycles. The summed E-state index contributed by atoms with van der Waals surface area (Å²) in [7, 11) is 0. The lowest BCUT2D eigenvalue weighted by Crippen LogP contribution is -2.14. The summed E-state index contributed by atoms with van der Waals surface area (Å²) in [5.41, 5.74) is 2.62. The molecule has 3 aromatic rings. The zero-order chi connectivity index (χ0) is 22.4. The number of nitrogens with one attached hydrogen (secondary N) is 1. The van der Waals surface area contributed by atoms with Gasteiger partial charge in [-0.2, -0.15) is 5.26 Å². The van der Waals surface area contributed by atoms with Crippen LogP contribution in [0.4, 0.5) is 10.1 Å². The smallest absolute Gasteiger partial charge is 0.266 e. The van der Waals surface area contributed by atoms with Crippen molar-refractivity contribution in [2.75, 3.05) is 5.32 Å². The van der Waals surface area contributed by atoms with Crippen LogP contribution in [0.25, 0.3) is 6.08 Å². The molecule has 0 aliphatic carbocycles. The fraction of sp³-hybridized carbons (Fsp3) is 0.0833. The molecular weight excluding hydrogens is 438 g/mol. The number of ether oxygens (including phenoxy) is 1. The average Bonchev–Trinajstić information content (AvgIpc) is 2.75. The lowest BCUT2D eigenvalue weighted by atomic mass is 10.1. The Balaban J connectivity index is 1.72. The van der Waals surface area contributed by atoms with E-state index >= 15 is 0 Å². The second kappa shape index (κ2) is 10.1. The van der Waals surface area contributed by atoms with E-state index < -0.39 is 5.91 Å². The number of carbonyl (C=O) groups excluding carboxylic acids is 1. The zero-order valence-electron chi connectivity index (χ0n) is 16.5. The minimum absolute atomic E-state index is 0.0876. The molecular formula is C24H17Cl2FN2O2. The first-order valence-corrected chi connectivity index (χ1v) is 9.97. The van der Waals surface area contributed by atoms with Crippen molar-refractivity contribution in [1.29, 1.82) is 5.26 Å². The summed E-state index contributed by atoms with van der Waals surface area (Å²) in [5, 5.41) is 12.9.